The number of rotatable bonds is 10. The summed E-state index contributed by atoms with van der Waals surface area (Å²) in [5.41, 5.74) is 7.56. The van der Waals surface area contributed by atoms with Gasteiger partial charge < -0.3 is 29.6 Å². The number of carbonyl (C=O) groups is 1. The molecule has 4 aliphatic rings. The minimum absolute atomic E-state index is 0.0135. The lowest BCUT2D eigenvalue weighted by molar-refractivity contribution is -0.143. The van der Waals surface area contributed by atoms with E-state index < -0.39 is 23.9 Å². The smallest absolute Gasteiger partial charge is 0.438 e. The third-order valence-electron chi connectivity index (χ3n) is 12.2. The molecule has 300 valence electrons. The molecule has 3 aromatic carbocycles. The SMILES string of the molecule is COc1nc(O[C@H]2CCc3c(-c4cccc(-c5cc6cc7c(c(C#N)c6o5)CC[C@H]7N5CC[C@@H](O)C5)c4C)cccc32)c(C(F)(F)F)nc1CNC[C@H]1CCC(=O)N1. The highest BCUT2D eigenvalue weighted by molar-refractivity contribution is 5.91. The zero-order chi connectivity index (χ0) is 40.3. The van der Waals surface area contributed by atoms with Crippen LogP contribution in [0.5, 0.6) is 11.8 Å². The predicted octanol–water partition coefficient (Wildman–Crippen LogP) is 7.25. The molecule has 11 nitrogen and oxygen atoms in total. The Labute approximate surface area is 333 Å². The predicted molar refractivity (Wildman–Crippen MR) is 208 cm³/mol. The maximum Gasteiger partial charge on any atom is 0.438 e. The monoisotopic (exact) mass is 792 g/mol. The topological polar surface area (TPSA) is 146 Å². The third kappa shape index (κ3) is 6.84. The van der Waals surface area contributed by atoms with Crippen molar-refractivity contribution in [3.63, 3.8) is 0 Å². The first-order chi connectivity index (χ1) is 28.0. The summed E-state index contributed by atoms with van der Waals surface area (Å²) < 4.78 is 61.5. The molecule has 2 aromatic heterocycles. The van der Waals surface area contributed by atoms with Crippen LogP contribution in [-0.2, 0) is 30.4 Å². The molecular formula is C44H43F3N6O5. The van der Waals surface area contributed by atoms with Crippen molar-refractivity contribution in [1.29, 1.82) is 5.26 Å². The second-order valence-electron chi connectivity index (χ2n) is 15.7. The van der Waals surface area contributed by atoms with Crippen LogP contribution in [0.15, 0.2) is 52.9 Å². The summed E-state index contributed by atoms with van der Waals surface area (Å²) in [7, 11) is 1.33. The molecule has 9 rings (SSSR count). The maximum atomic E-state index is 14.5. The van der Waals surface area contributed by atoms with Crippen molar-refractivity contribution in [2.75, 3.05) is 26.7 Å². The molecule has 14 heteroatoms. The molecule has 2 aliphatic heterocycles. The summed E-state index contributed by atoms with van der Waals surface area (Å²) >= 11 is 0. The van der Waals surface area contributed by atoms with Gasteiger partial charge in [0.2, 0.25) is 23.4 Å². The van der Waals surface area contributed by atoms with Crippen LogP contribution in [0.3, 0.4) is 0 Å². The number of nitriles is 1. The number of alkyl halides is 3. The van der Waals surface area contributed by atoms with Crippen LogP contribution in [0.2, 0.25) is 0 Å². The normalized spacial score (nSPS) is 21.6. The number of amides is 1. The molecule has 2 aliphatic carbocycles. The lowest BCUT2D eigenvalue weighted by Gasteiger charge is -2.24. The Kier molecular flexibility index (Phi) is 9.86. The van der Waals surface area contributed by atoms with Gasteiger partial charge in [-0.25, -0.2) is 4.98 Å². The summed E-state index contributed by atoms with van der Waals surface area (Å²) in [5, 5.41) is 27.3. The van der Waals surface area contributed by atoms with Gasteiger partial charge in [-0.3, -0.25) is 9.69 Å². The minimum Gasteiger partial charge on any atom is -0.480 e. The number of benzene rings is 3. The molecule has 0 radical (unpaired) electrons. The molecule has 3 N–H and O–H groups in total. The molecular weight excluding hydrogens is 750 g/mol. The van der Waals surface area contributed by atoms with Crippen LogP contribution in [0.4, 0.5) is 13.2 Å². The lowest BCUT2D eigenvalue weighted by atomic mass is 9.91. The van der Waals surface area contributed by atoms with Gasteiger partial charge in [0.15, 0.2) is 5.58 Å². The van der Waals surface area contributed by atoms with Gasteiger partial charge in [0.25, 0.3) is 0 Å². The molecule has 0 bridgehead atoms. The van der Waals surface area contributed by atoms with Crippen molar-refractivity contribution in [3.05, 3.63) is 93.3 Å². The number of aliphatic hydroxyl groups is 1. The van der Waals surface area contributed by atoms with Crippen molar-refractivity contribution in [2.45, 2.75) is 88.9 Å². The van der Waals surface area contributed by atoms with E-state index in [1.807, 2.05) is 49.4 Å². The van der Waals surface area contributed by atoms with Crippen LogP contribution < -0.4 is 20.1 Å². The molecule has 0 saturated carbocycles. The highest BCUT2D eigenvalue weighted by Crippen LogP contribution is 2.46. The first-order valence-corrected chi connectivity index (χ1v) is 19.8. The molecule has 1 amide bonds. The second kappa shape index (κ2) is 15.0. The quantitative estimate of drug-likeness (QED) is 0.132. The Hall–Kier alpha value is -5.49. The average molecular weight is 793 g/mol. The Morgan fingerprint density at radius 3 is 2.53 bits per heavy atom. The van der Waals surface area contributed by atoms with E-state index in [1.165, 1.54) is 7.11 Å². The van der Waals surface area contributed by atoms with Gasteiger partial charge in [0, 0.05) is 55.6 Å². The van der Waals surface area contributed by atoms with Crippen LogP contribution >= 0.6 is 0 Å². The van der Waals surface area contributed by atoms with Gasteiger partial charge in [-0.15, -0.1) is 0 Å². The van der Waals surface area contributed by atoms with Crippen LogP contribution in [0, 0.1) is 18.3 Å². The fourth-order valence-electron chi connectivity index (χ4n) is 9.43. The van der Waals surface area contributed by atoms with E-state index in [4.69, 9.17) is 13.9 Å². The number of β-amino-alcohol motifs (C(OH)–C–C–N with tert-alkyl or cyclic N) is 1. The Bertz CT molecular complexity index is 2480. The Morgan fingerprint density at radius 1 is 1.00 bits per heavy atom. The van der Waals surface area contributed by atoms with E-state index in [1.54, 1.807) is 0 Å². The van der Waals surface area contributed by atoms with Gasteiger partial charge in [0.1, 0.15) is 23.6 Å². The summed E-state index contributed by atoms with van der Waals surface area (Å²) in [5.74, 6) is -0.124. The standard InChI is InChI=1S/C44H43F3N6O5/c1-23-27(5-3-6-28(23)38-18-24-17-33-31(34(19-48)40(24)57-38)10-12-36(33)53-16-15-26(54)22-53)29-7-4-8-32-30(29)11-13-37(32)58-43-41(44(45,46)47)51-35(42(52-43)56-2)21-49-20-25-9-14-39(55)50-25/h3-8,17-18,25-26,36-37,49,54H,9-16,20-22H2,1-2H3,(H,50,55)/t25-,26-,36-,37+/m1/s1. The number of ether oxygens (including phenoxy) is 2. The molecule has 58 heavy (non-hydrogen) atoms. The first kappa shape index (κ1) is 38.1. The Morgan fingerprint density at radius 2 is 1.79 bits per heavy atom. The summed E-state index contributed by atoms with van der Waals surface area (Å²) in [6, 6.07) is 18.4. The number of fused-ring (bicyclic) bond motifs is 3. The number of hydrogen-bond acceptors (Lipinski definition) is 10. The van der Waals surface area contributed by atoms with Crippen molar-refractivity contribution in [3.8, 4) is 40.3 Å². The van der Waals surface area contributed by atoms with Gasteiger partial charge in [0.05, 0.1) is 18.8 Å². The van der Waals surface area contributed by atoms with Crippen molar-refractivity contribution in [2.24, 2.45) is 0 Å². The average Bonchev–Trinajstić information content (AvgIpc) is 4.06. The zero-order valence-corrected chi connectivity index (χ0v) is 32.2. The number of furan rings is 1. The lowest BCUT2D eigenvalue weighted by Crippen LogP contribution is -2.35. The number of halogens is 3. The van der Waals surface area contributed by atoms with Crippen LogP contribution in [0.1, 0.15) is 89.0 Å². The number of aliphatic hydroxyl groups excluding tert-OH is 1. The third-order valence-corrected chi connectivity index (χ3v) is 12.2. The van der Waals surface area contributed by atoms with Gasteiger partial charge >= 0.3 is 6.18 Å². The second-order valence-corrected chi connectivity index (χ2v) is 15.7. The van der Waals surface area contributed by atoms with Gasteiger partial charge in [-0.05, 0) is 96.5 Å². The molecule has 2 saturated heterocycles. The number of hydrogen-bond donors (Lipinski definition) is 3. The summed E-state index contributed by atoms with van der Waals surface area (Å²) in [6.45, 7) is 3.82. The molecule has 0 spiro atoms. The number of nitrogens with zero attached hydrogens (tertiary/aromatic N) is 4. The molecule has 4 atom stereocenters. The molecule has 4 heterocycles. The summed E-state index contributed by atoms with van der Waals surface area (Å²) in [4.78, 5) is 22.0. The van der Waals surface area contributed by atoms with Crippen LogP contribution in [-0.4, -0.2) is 64.8 Å². The van der Waals surface area contributed by atoms with Crippen molar-refractivity contribution >= 4 is 16.9 Å². The first-order valence-electron chi connectivity index (χ1n) is 19.8. The van der Waals surface area contributed by atoms with E-state index >= 15 is 0 Å². The zero-order valence-electron chi connectivity index (χ0n) is 32.2. The fraction of sp³-hybridized carbons (Fsp3) is 0.409. The van der Waals surface area contributed by atoms with Crippen molar-refractivity contribution < 1.29 is 37.0 Å². The molecule has 0 unspecified atom stereocenters. The Balaban J connectivity index is 0.999. The maximum absolute atomic E-state index is 14.5. The number of likely N-dealkylation sites (tertiary alicyclic amines) is 1. The van der Waals surface area contributed by atoms with Crippen molar-refractivity contribution in [1.82, 2.24) is 25.5 Å². The largest absolute Gasteiger partial charge is 0.480 e. The van der Waals surface area contributed by atoms with E-state index in [0.717, 1.165) is 75.7 Å². The number of nitrogens with one attached hydrogen (secondary N) is 2. The highest BCUT2D eigenvalue weighted by Gasteiger charge is 2.41. The van der Waals surface area contributed by atoms with E-state index in [0.29, 0.717) is 55.7 Å². The molecule has 2 fully saturated rings. The molecule has 5 aromatic rings. The van der Waals surface area contributed by atoms with E-state index in [2.05, 4.69) is 37.6 Å². The van der Waals surface area contributed by atoms with Crippen LogP contribution in [0.25, 0.3) is 33.4 Å². The number of methoxy groups -OCH3 is 1. The highest BCUT2D eigenvalue weighted by atomic mass is 19.4. The minimum atomic E-state index is -4.84. The number of carbonyl (C=O) groups excluding carboxylic acids is 1. The fourth-order valence-corrected chi connectivity index (χ4v) is 9.43. The van der Waals surface area contributed by atoms with Gasteiger partial charge in [-0.1, -0.05) is 36.4 Å². The number of aromatic nitrogens is 2. The van der Waals surface area contributed by atoms with Gasteiger partial charge in [-0.2, -0.15) is 23.4 Å². The van der Waals surface area contributed by atoms with E-state index in [9.17, 15) is 28.3 Å². The van der Waals surface area contributed by atoms with E-state index in [-0.39, 0.29) is 42.2 Å². The summed E-state index contributed by atoms with van der Waals surface area (Å²) in [6.07, 6.45) is -1.36.